The van der Waals surface area contributed by atoms with Gasteiger partial charge in [-0.15, -0.1) is 11.3 Å². The molecule has 1 aliphatic heterocycles. The fraction of sp³-hybridized carbons (Fsp3) is 0.357. The molecular weight excluding hydrogens is 428 g/mol. The van der Waals surface area contributed by atoms with E-state index in [1.165, 1.54) is 33.6 Å². The third-order valence-electron chi connectivity index (χ3n) is 7.85. The monoisotopic (exact) mass is 456 g/mol. The van der Waals surface area contributed by atoms with Crippen LogP contribution in [0.5, 0.6) is 0 Å². The number of hydrogen-bond donors (Lipinski definition) is 1. The van der Waals surface area contributed by atoms with Gasteiger partial charge in [0.2, 0.25) is 5.91 Å². The first-order valence-corrected chi connectivity index (χ1v) is 12.9. The molecule has 1 unspecified atom stereocenters. The number of thiophene rings is 1. The molecular formula is C28H28N2O2S. The molecule has 2 bridgehead atoms. The van der Waals surface area contributed by atoms with E-state index in [1.54, 1.807) is 0 Å². The van der Waals surface area contributed by atoms with Crippen molar-refractivity contribution in [1.82, 2.24) is 10.2 Å². The summed E-state index contributed by atoms with van der Waals surface area (Å²) < 4.78 is 0. The number of fused-ring (bicyclic) bond motifs is 1. The number of carbonyl (C=O) groups is 2. The highest BCUT2D eigenvalue weighted by atomic mass is 32.1. The third-order valence-corrected chi connectivity index (χ3v) is 8.70. The lowest BCUT2D eigenvalue weighted by Gasteiger charge is -2.45. The van der Waals surface area contributed by atoms with Crippen molar-refractivity contribution in [3.05, 3.63) is 93.2 Å². The highest BCUT2D eigenvalue weighted by Crippen LogP contribution is 2.55. The van der Waals surface area contributed by atoms with E-state index in [9.17, 15) is 9.59 Å². The summed E-state index contributed by atoms with van der Waals surface area (Å²) in [5.41, 5.74) is 5.80. The second kappa shape index (κ2) is 8.45. The molecule has 168 valence electrons. The van der Waals surface area contributed by atoms with Gasteiger partial charge in [0.25, 0.3) is 5.91 Å². The Labute approximate surface area is 198 Å². The van der Waals surface area contributed by atoms with Gasteiger partial charge in [-0.25, -0.2) is 0 Å². The molecule has 33 heavy (non-hydrogen) atoms. The van der Waals surface area contributed by atoms with Gasteiger partial charge in [0.05, 0.1) is 4.88 Å². The molecule has 0 spiro atoms. The first-order valence-electron chi connectivity index (χ1n) is 12.0. The minimum absolute atomic E-state index is 0.00210. The largest absolute Gasteiger partial charge is 0.356 e. The van der Waals surface area contributed by atoms with E-state index < -0.39 is 0 Å². The Morgan fingerprint density at radius 1 is 0.879 bits per heavy atom. The molecule has 1 N–H and O–H groups in total. The van der Waals surface area contributed by atoms with Gasteiger partial charge < -0.3 is 10.2 Å². The smallest absolute Gasteiger partial charge is 0.263 e. The van der Waals surface area contributed by atoms with Crippen LogP contribution in [0.3, 0.4) is 0 Å². The van der Waals surface area contributed by atoms with Crippen molar-refractivity contribution in [3.8, 4) is 0 Å². The summed E-state index contributed by atoms with van der Waals surface area (Å²) in [5.74, 6) is 1.45. The van der Waals surface area contributed by atoms with Crippen LogP contribution in [0.1, 0.15) is 63.0 Å². The Kier molecular flexibility index (Phi) is 5.30. The van der Waals surface area contributed by atoms with Crippen molar-refractivity contribution in [3.63, 3.8) is 0 Å². The van der Waals surface area contributed by atoms with Gasteiger partial charge >= 0.3 is 0 Å². The van der Waals surface area contributed by atoms with Crippen molar-refractivity contribution >= 4 is 23.2 Å². The lowest BCUT2D eigenvalue weighted by Crippen LogP contribution is -2.45. The van der Waals surface area contributed by atoms with Crippen LogP contribution in [0.15, 0.2) is 66.0 Å². The number of benzene rings is 2. The first-order chi connectivity index (χ1) is 16.2. The fourth-order valence-electron chi connectivity index (χ4n) is 6.24. The standard InChI is InChI=1S/C28H28N2O2S/c31-27(18-11-13-30(14-12-18)28(32)25-10-5-15-33-25)29-17-19-16-24-20-6-1-3-8-22(20)26(19)23-9-4-2-7-21(23)24/h1-10,15,18-19,24,26H,11-14,16-17H2,(H,29,31). The minimum Gasteiger partial charge on any atom is -0.356 e. The van der Waals surface area contributed by atoms with E-state index in [1.807, 2.05) is 22.4 Å². The molecule has 1 saturated heterocycles. The maximum absolute atomic E-state index is 13.0. The van der Waals surface area contributed by atoms with Gasteiger partial charge in [-0.05, 0) is 58.9 Å². The summed E-state index contributed by atoms with van der Waals surface area (Å²) >= 11 is 1.48. The van der Waals surface area contributed by atoms with E-state index in [0.29, 0.717) is 30.8 Å². The Bertz CT molecular complexity index is 1130. The number of likely N-dealkylation sites (tertiary alicyclic amines) is 1. The highest BCUT2D eigenvalue weighted by Gasteiger charge is 2.43. The maximum atomic E-state index is 13.0. The van der Waals surface area contributed by atoms with Crippen molar-refractivity contribution in [2.24, 2.45) is 11.8 Å². The van der Waals surface area contributed by atoms with E-state index >= 15 is 0 Å². The number of rotatable bonds is 4. The van der Waals surface area contributed by atoms with Crippen LogP contribution in [-0.2, 0) is 4.79 Å². The van der Waals surface area contributed by atoms with Gasteiger partial charge in [0, 0.05) is 37.4 Å². The topological polar surface area (TPSA) is 49.4 Å². The first kappa shape index (κ1) is 20.7. The predicted octanol–water partition coefficient (Wildman–Crippen LogP) is 5.01. The van der Waals surface area contributed by atoms with E-state index in [0.717, 1.165) is 30.7 Å². The Morgan fingerprint density at radius 3 is 2.12 bits per heavy atom. The SMILES string of the molecule is O=C(NCC1CC2c3ccccc3C1c1ccccc12)C1CCN(C(=O)c2cccs2)CC1. The van der Waals surface area contributed by atoms with Crippen LogP contribution in [0.25, 0.3) is 0 Å². The Hall–Kier alpha value is -2.92. The second-order valence-electron chi connectivity index (χ2n) is 9.57. The Balaban J connectivity index is 1.10. The summed E-state index contributed by atoms with van der Waals surface area (Å²) in [6.45, 7) is 2.03. The summed E-state index contributed by atoms with van der Waals surface area (Å²) in [6, 6.07) is 21.5. The quantitative estimate of drug-likeness (QED) is 0.600. The lowest BCUT2D eigenvalue weighted by molar-refractivity contribution is -0.126. The number of carbonyl (C=O) groups excluding carboxylic acids is 2. The minimum atomic E-state index is -0.00210. The van der Waals surface area contributed by atoms with Gasteiger partial charge in [-0.1, -0.05) is 54.6 Å². The van der Waals surface area contributed by atoms with Crippen molar-refractivity contribution < 1.29 is 9.59 Å². The predicted molar refractivity (Wildman–Crippen MR) is 131 cm³/mol. The van der Waals surface area contributed by atoms with Gasteiger partial charge in [-0.3, -0.25) is 9.59 Å². The van der Waals surface area contributed by atoms with Crippen LogP contribution < -0.4 is 5.32 Å². The van der Waals surface area contributed by atoms with Crippen LogP contribution >= 0.6 is 11.3 Å². The van der Waals surface area contributed by atoms with Crippen molar-refractivity contribution in [2.45, 2.75) is 31.1 Å². The summed E-state index contributed by atoms with van der Waals surface area (Å²) in [4.78, 5) is 28.3. The van der Waals surface area contributed by atoms with Gasteiger partial charge in [0.1, 0.15) is 0 Å². The van der Waals surface area contributed by atoms with Crippen LogP contribution in [0, 0.1) is 11.8 Å². The Morgan fingerprint density at radius 2 is 1.52 bits per heavy atom. The zero-order valence-electron chi connectivity index (χ0n) is 18.6. The number of amides is 2. The zero-order chi connectivity index (χ0) is 22.4. The molecule has 0 saturated carbocycles. The molecule has 1 atom stereocenters. The third kappa shape index (κ3) is 3.59. The normalized spacial score (nSPS) is 23.6. The van der Waals surface area contributed by atoms with E-state index in [-0.39, 0.29) is 17.7 Å². The average Bonchev–Trinajstić information content (AvgIpc) is 3.42. The molecule has 2 aromatic carbocycles. The summed E-state index contributed by atoms with van der Waals surface area (Å²) in [5, 5.41) is 5.23. The summed E-state index contributed by atoms with van der Waals surface area (Å²) in [6.07, 6.45) is 2.57. The van der Waals surface area contributed by atoms with E-state index in [2.05, 4.69) is 53.8 Å². The fourth-order valence-corrected chi connectivity index (χ4v) is 6.93. The van der Waals surface area contributed by atoms with E-state index in [4.69, 9.17) is 0 Å². The van der Waals surface area contributed by atoms with Gasteiger partial charge in [0.15, 0.2) is 0 Å². The number of nitrogens with zero attached hydrogens (tertiary/aromatic N) is 1. The molecule has 2 amide bonds. The molecule has 5 heteroatoms. The molecule has 3 aliphatic carbocycles. The van der Waals surface area contributed by atoms with Crippen molar-refractivity contribution in [2.75, 3.05) is 19.6 Å². The molecule has 2 heterocycles. The second-order valence-corrected chi connectivity index (χ2v) is 10.5. The number of piperidine rings is 1. The number of nitrogens with one attached hydrogen (secondary N) is 1. The molecule has 1 aromatic heterocycles. The summed E-state index contributed by atoms with van der Waals surface area (Å²) in [7, 11) is 0. The van der Waals surface area contributed by atoms with Gasteiger partial charge in [-0.2, -0.15) is 0 Å². The van der Waals surface area contributed by atoms with Crippen LogP contribution in [0.4, 0.5) is 0 Å². The van der Waals surface area contributed by atoms with Crippen LogP contribution in [-0.4, -0.2) is 36.3 Å². The highest BCUT2D eigenvalue weighted by molar-refractivity contribution is 7.12. The zero-order valence-corrected chi connectivity index (χ0v) is 19.4. The molecule has 7 rings (SSSR count). The molecule has 4 nitrogen and oxygen atoms in total. The molecule has 1 fully saturated rings. The molecule has 0 radical (unpaired) electrons. The number of hydrogen-bond acceptors (Lipinski definition) is 3. The lowest BCUT2D eigenvalue weighted by atomic mass is 9.59. The van der Waals surface area contributed by atoms with Crippen LogP contribution in [0.2, 0.25) is 0 Å². The average molecular weight is 457 g/mol. The van der Waals surface area contributed by atoms with Crippen molar-refractivity contribution in [1.29, 1.82) is 0 Å². The molecule has 4 aliphatic rings. The molecule has 3 aromatic rings. The maximum Gasteiger partial charge on any atom is 0.263 e.